The largest absolute Gasteiger partial charge is 0.264 e. The Balaban J connectivity index is 0.000000112. The first-order chi connectivity index (χ1) is 55.6. The van der Waals surface area contributed by atoms with Gasteiger partial charge in [0.25, 0.3) is 0 Å². The van der Waals surface area contributed by atoms with E-state index in [9.17, 15) is 0 Å². The van der Waals surface area contributed by atoms with Crippen LogP contribution in [0, 0.1) is 0 Å². The zero-order valence-corrected chi connectivity index (χ0v) is 61.2. The van der Waals surface area contributed by atoms with E-state index in [0.717, 1.165) is 44.9 Å². The highest BCUT2D eigenvalue weighted by Crippen LogP contribution is 2.48. The molecule has 22 rings (SSSR count). The van der Waals surface area contributed by atoms with Gasteiger partial charge in [0, 0.05) is 40.8 Å². The van der Waals surface area contributed by atoms with Crippen molar-refractivity contribution < 1.29 is 0 Å². The average molecular weight is 1420 g/mol. The summed E-state index contributed by atoms with van der Waals surface area (Å²) in [6, 6.07) is 145. The fourth-order valence-electron chi connectivity index (χ4n) is 16.9. The summed E-state index contributed by atoms with van der Waals surface area (Å²) in [4.78, 5) is 19.4. The topological polar surface area (TPSA) is 51.6 Å². The van der Waals surface area contributed by atoms with Crippen molar-refractivity contribution in [1.29, 1.82) is 0 Å². The molecule has 19 aromatic carbocycles. The minimum absolute atomic E-state index is 0.689. The van der Waals surface area contributed by atoms with Crippen molar-refractivity contribution in [3.8, 4) is 101 Å². The standard InChI is InChI=1S/C43H27N3.C35H23N.C30H20/c1-3-13-32-30(11-1)25-38(36-17-7-5-15-34(32)36)41-27-42(39-26-31-12-2-4-14-33(31)35-16-6-8-18-37(35)39)46-43(45-41)29-22-20-28(21-23-29)40-19-9-10-24-44-40;1-2-9-27-22-28(20-17-24(27)8-1)35-32-13-5-3-11-30(32)34(31-12-4-6-14-33(31)35)26-18-15-25(16-19-26)29-10-7-21-36-23-29;1-2-12-22(13-3-1)29-25-16-6-8-18-27(25)30(28-19-9-7-17-26(28)29)24-20-10-14-21-11-4-5-15-23(21)24/h1-27H;1-23H;1-20H. The zero-order valence-electron chi connectivity index (χ0n) is 61.2. The van der Waals surface area contributed by atoms with Gasteiger partial charge in [-0.2, -0.15) is 0 Å². The fourth-order valence-corrected chi connectivity index (χ4v) is 16.9. The molecule has 4 heteroatoms. The third-order valence-electron chi connectivity index (χ3n) is 22.1. The maximum atomic E-state index is 5.27. The van der Waals surface area contributed by atoms with Crippen LogP contribution in [-0.2, 0) is 0 Å². The number of nitrogens with zero attached hydrogens (tertiary/aromatic N) is 4. The zero-order chi connectivity index (χ0) is 74.3. The van der Waals surface area contributed by atoms with Gasteiger partial charge in [-0.3, -0.25) is 9.97 Å². The van der Waals surface area contributed by atoms with E-state index in [-0.39, 0.29) is 0 Å². The third-order valence-corrected chi connectivity index (χ3v) is 22.1. The van der Waals surface area contributed by atoms with E-state index in [1.54, 1.807) is 0 Å². The second kappa shape index (κ2) is 29.0. The maximum absolute atomic E-state index is 5.27. The van der Waals surface area contributed by atoms with Gasteiger partial charge in [0.1, 0.15) is 0 Å². The van der Waals surface area contributed by atoms with Crippen molar-refractivity contribution in [2.24, 2.45) is 0 Å². The van der Waals surface area contributed by atoms with Gasteiger partial charge >= 0.3 is 0 Å². The minimum Gasteiger partial charge on any atom is -0.264 e. The van der Waals surface area contributed by atoms with Gasteiger partial charge in [0.2, 0.25) is 0 Å². The summed E-state index contributed by atoms with van der Waals surface area (Å²) in [6.45, 7) is 0. The Morgan fingerprint density at radius 1 is 0.161 bits per heavy atom. The summed E-state index contributed by atoms with van der Waals surface area (Å²) in [5.74, 6) is 0.689. The van der Waals surface area contributed by atoms with E-state index in [1.807, 2.05) is 42.9 Å². The lowest BCUT2D eigenvalue weighted by molar-refractivity contribution is 1.19. The number of benzene rings is 19. The Bertz CT molecular complexity index is 7090. The molecule has 0 saturated heterocycles. The van der Waals surface area contributed by atoms with Crippen LogP contribution in [0.25, 0.3) is 209 Å². The Kier molecular flexibility index (Phi) is 17.3. The molecule has 0 saturated carbocycles. The SMILES string of the molecule is c1ccc(-c2c3ccccc3c(-c3cccc4ccccc34)c3ccccc23)cc1.c1ccc(-c2ccc(-c3nc(-c4cc5ccccc5c5ccccc45)cc(-c4cc5ccccc5c5ccccc45)n3)cc2)nc1.c1cncc(-c2ccc(-c3c4ccccc4c(-c4ccc5ccccc5c4)c4ccccc34)cc2)c1. The van der Waals surface area contributed by atoms with Crippen molar-refractivity contribution in [3.63, 3.8) is 0 Å². The van der Waals surface area contributed by atoms with E-state index in [4.69, 9.17) is 9.97 Å². The Morgan fingerprint density at radius 3 is 1.06 bits per heavy atom. The van der Waals surface area contributed by atoms with Crippen LogP contribution in [-0.4, -0.2) is 19.9 Å². The van der Waals surface area contributed by atoms with Crippen molar-refractivity contribution in [1.82, 2.24) is 19.9 Å². The molecule has 0 aliphatic carbocycles. The highest BCUT2D eigenvalue weighted by Gasteiger charge is 2.22. The van der Waals surface area contributed by atoms with Gasteiger partial charge in [-0.05, 0) is 206 Å². The fraction of sp³-hybridized carbons (Fsp3) is 0. The predicted octanol–water partition coefficient (Wildman–Crippen LogP) is 29.2. The molecule has 22 aromatic rings. The predicted molar refractivity (Wildman–Crippen MR) is 474 cm³/mol. The highest BCUT2D eigenvalue weighted by molar-refractivity contribution is 6.25. The molecular weight excluding hydrogens is 1350 g/mol. The molecule has 522 valence electrons. The molecule has 112 heavy (non-hydrogen) atoms. The van der Waals surface area contributed by atoms with Crippen molar-refractivity contribution in [2.45, 2.75) is 0 Å². The van der Waals surface area contributed by atoms with Gasteiger partial charge in [-0.25, -0.2) is 9.97 Å². The quantitative estimate of drug-likeness (QED) is 0.107. The first-order valence-electron chi connectivity index (χ1n) is 38.2. The first-order valence-corrected chi connectivity index (χ1v) is 38.2. The number of aromatic nitrogens is 4. The highest BCUT2D eigenvalue weighted by atomic mass is 14.9. The lowest BCUT2D eigenvalue weighted by atomic mass is 9.85. The average Bonchev–Trinajstić information content (AvgIpc) is 0.743. The second-order valence-electron chi connectivity index (χ2n) is 28.6. The number of pyridine rings is 2. The molecule has 0 bridgehead atoms. The van der Waals surface area contributed by atoms with Crippen LogP contribution in [0.4, 0.5) is 0 Å². The summed E-state index contributed by atoms with van der Waals surface area (Å²) in [5.41, 5.74) is 19.5. The van der Waals surface area contributed by atoms with E-state index < -0.39 is 0 Å². The van der Waals surface area contributed by atoms with Crippen molar-refractivity contribution in [2.75, 3.05) is 0 Å². The lowest BCUT2D eigenvalue weighted by Crippen LogP contribution is -1.97. The smallest absolute Gasteiger partial charge is 0.160 e. The molecule has 4 nitrogen and oxygen atoms in total. The summed E-state index contributed by atoms with van der Waals surface area (Å²) in [5, 5.41) is 25.0. The van der Waals surface area contributed by atoms with Gasteiger partial charge in [0.05, 0.1) is 17.1 Å². The summed E-state index contributed by atoms with van der Waals surface area (Å²) >= 11 is 0. The number of fused-ring (bicyclic) bond motifs is 12. The van der Waals surface area contributed by atoms with Crippen molar-refractivity contribution in [3.05, 3.63) is 425 Å². The summed E-state index contributed by atoms with van der Waals surface area (Å²) in [7, 11) is 0. The summed E-state index contributed by atoms with van der Waals surface area (Å²) in [6.07, 6.45) is 5.55. The third kappa shape index (κ3) is 12.3. The van der Waals surface area contributed by atoms with Crippen LogP contribution < -0.4 is 0 Å². The molecule has 0 unspecified atom stereocenters. The van der Waals surface area contributed by atoms with E-state index in [0.29, 0.717) is 5.82 Å². The van der Waals surface area contributed by atoms with E-state index in [1.165, 1.54) is 158 Å². The van der Waals surface area contributed by atoms with Crippen LogP contribution in [0.3, 0.4) is 0 Å². The van der Waals surface area contributed by atoms with Crippen LogP contribution in [0.1, 0.15) is 0 Å². The molecule has 0 aliphatic heterocycles. The normalized spacial score (nSPS) is 11.4. The molecular formula is C108H70N4. The lowest BCUT2D eigenvalue weighted by Gasteiger charge is -2.18. The molecule has 0 fully saturated rings. The first kappa shape index (κ1) is 66.6. The molecule has 0 aliphatic rings. The molecule has 3 aromatic heterocycles. The minimum atomic E-state index is 0.689. The van der Waals surface area contributed by atoms with Crippen LogP contribution in [0.2, 0.25) is 0 Å². The number of hydrogen-bond donors (Lipinski definition) is 0. The van der Waals surface area contributed by atoms with E-state index in [2.05, 4.69) is 392 Å². The molecule has 0 N–H and O–H groups in total. The monoisotopic (exact) mass is 1420 g/mol. The van der Waals surface area contributed by atoms with Gasteiger partial charge < -0.3 is 0 Å². The molecule has 0 radical (unpaired) electrons. The number of hydrogen-bond acceptors (Lipinski definition) is 4. The van der Waals surface area contributed by atoms with Crippen LogP contribution >= 0.6 is 0 Å². The Morgan fingerprint density at radius 2 is 0.545 bits per heavy atom. The molecule has 0 amide bonds. The van der Waals surface area contributed by atoms with Crippen molar-refractivity contribution >= 4 is 108 Å². The second-order valence-corrected chi connectivity index (χ2v) is 28.6. The Labute approximate surface area is 649 Å². The molecule has 0 spiro atoms. The maximum Gasteiger partial charge on any atom is 0.160 e. The van der Waals surface area contributed by atoms with Gasteiger partial charge in [-0.15, -0.1) is 0 Å². The number of rotatable bonds is 9. The van der Waals surface area contributed by atoms with Gasteiger partial charge in [0.15, 0.2) is 5.82 Å². The molecule has 0 atom stereocenters. The van der Waals surface area contributed by atoms with Crippen LogP contribution in [0.15, 0.2) is 425 Å². The Hall–Kier alpha value is -14.8. The summed E-state index contributed by atoms with van der Waals surface area (Å²) < 4.78 is 0. The van der Waals surface area contributed by atoms with Crippen LogP contribution in [0.5, 0.6) is 0 Å². The van der Waals surface area contributed by atoms with E-state index >= 15 is 0 Å². The van der Waals surface area contributed by atoms with Gasteiger partial charge in [-0.1, -0.05) is 364 Å². The molecule has 3 heterocycles.